The molecule has 1 fully saturated rings. The summed E-state index contributed by atoms with van der Waals surface area (Å²) in [6, 6.07) is -0.649. The molecule has 0 aromatic heterocycles. The van der Waals surface area contributed by atoms with Crippen LogP contribution in [0.2, 0.25) is 0 Å². The fraction of sp³-hybridized carbons (Fsp3) is 0.818. The van der Waals surface area contributed by atoms with Crippen LogP contribution in [0.3, 0.4) is 0 Å². The van der Waals surface area contributed by atoms with Gasteiger partial charge in [-0.05, 0) is 27.2 Å². The van der Waals surface area contributed by atoms with E-state index >= 15 is 0 Å². The maximum atomic E-state index is 11.9. The van der Waals surface area contributed by atoms with Gasteiger partial charge in [0.05, 0.1) is 0 Å². The topological polar surface area (TPSA) is 95.4 Å². The van der Waals surface area contributed by atoms with Gasteiger partial charge in [0.2, 0.25) is 0 Å². The molecule has 0 spiro atoms. The Morgan fingerprint density at radius 1 is 1.50 bits per heavy atom. The van der Waals surface area contributed by atoms with Gasteiger partial charge in [-0.25, -0.2) is 4.79 Å². The highest BCUT2D eigenvalue weighted by Crippen LogP contribution is 2.26. The zero-order valence-electron chi connectivity index (χ0n) is 10.1. The Hall–Kier alpha value is -0.940. The molecular formula is C11H20N2O3. The number of carbonyl (C=O) groups excluding carboxylic acids is 2. The standard InChI is InChI=1S/C11H20N2O3/c1-10(2,3)16-9(15)11(13)5-4-7(14)6-8(11)12/h8H,4-6,12-13H2,1-3H3. The van der Waals surface area contributed by atoms with Crippen LogP contribution in [-0.2, 0) is 14.3 Å². The van der Waals surface area contributed by atoms with E-state index in [4.69, 9.17) is 16.2 Å². The van der Waals surface area contributed by atoms with Gasteiger partial charge in [0.15, 0.2) is 0 Å². The average molecular weight is 228 g/mol. The van der Waals surface area contributed by atoms with Gasteiger partial charge in [-0.3, -0.25) is 4.79 Å². The highest BCUT2D eigenvalue weighted by Gasteiger charge is 2.46. The van der Waals surface area contributed by atoms with E-state index in [-0.39, 0.29) is 18.6 Å². The lowest BCUT2D eigenvalue weighted by atomic mass is 9.78. The summed E-state index contributed by atoms with van der Waals surface area (Å²) in [5.41, 5.74) is 9.93. The smallest absolute Gasteiger partial charge is 0.328 e. The van der Waals surface area contributed by atoms with Crippen molar-refractivity contribution in [3.05, 3.63) is 0 Å². The fourth-order valence-electron chi connectivity index (χ4n) is 1.69. The number of Topliss-reactive ketones (excluding diaryl/α,β-unsaturated/α-hetero) is 1. The number of ketones is 1. The third-order valence-corrected chi connectivity index (χ3v) is 2.71. The molecule has 0 aromatic rings. The molecule has 0 radical (unpaired) electrons. The van der Waals surface area contributed by atoms with Gasteiger partial charge in [-0.15, -0.1) is 0 Å². The minimum Gasteiger partial charge on any atom is -0.459 e. The Morgan fingerprint density at radius 3 is 2.50 bits per heavy atom. The van der Waals surface area contributed by atoms with Crippen LogP contribution in [0.25, 0.3) is 0 Å². The summed E-state index contributed by atoms with van der Waals surface area (Å²) in [5, 5.41) is 0. The van der Waals surface area contributed by atoms with Crippen molar-refractivity contribution >= 4 is 11.8 Å². The van der Waals surface area contributed by atoms with Gasteiger partial charge in [0.25, 0.3) is 0 Å². The number of hydrogen-bond donors (Lipinski definition) is 2. The minimum atomic E-state index is -1.22. The minimum absolute atomic E-state index is 0.0529. The molecule has 1 aliphatic rings. The number of esters is 1. The molecule has 5 heteroatoms. The zero-order valence-corrected chi connectivity index (χ0v) is 10.1. The first-order valence-corrected chi connectivity index (χ1v) is 5.45. The molecule has 0 saturated heterocycles. The first-order chi connectivity index (χ1) is 7.15. The highest BCUT2D eigenvalue weighted by atomic mass is 16.6. The zero-order chi connectivity index (χ0) is 12.6. The van der Waals surface area contributed by atoms with E-state index in [2.05, 4.69) is 0 Å². The maximum absolute atomic E-state index is 11.9. The molecule has 0 aromatic carbocycles. The van der Waals surface area contributed by atoms with Crippen LogP contribution in [0.15, 0.2) is 0 Å². The van der Waals surface area contributed by atoms with E-state index in [9.17, 15) is 9.59 Å². The van der Waals surface area contributed by atoms with Crippen LogP contribution in [0, 0.1) is 0 Å². The van der Waals surface area contributed by atoms with Crippen molar-refractivity contribution in [1.82, 2.24) is 0 Å². The molecule has 4 N–H and O–H groups in total. The average Bonchev–Trinajstić information content (AvgIpc) is 2.09. The lowest BCUT2D eigenvalue weighted by molar-refractivity contribution is -0.164. The van der Waals surface area contributed by atoms with Crippen molar-refractivity contribution in [2.24, 2.45) is 11.5 Å². The maximum Gasteiger partial charge on any atom is 0.328 e. The summed E-state index contributed by atoms with van der Waals surface area (Å²) in [5.74, 6) is -0.461. The number of rotatable bonds is 1. The Labute approximate surface area is 95.5 Å². The largest absolute Gasteiger partial charge is 0.459 e. The quantitative estimate of drug-likeness (QED) is 0.621. The molecule has 0 aliphatic heterocycles. The van der Waals surface area contributed by atoms with Crippen LogP contribution >= 0.6 is 0 Å². The van der Waals surface area contributed by atoms with Crippen molar-refractivity contribution in [2.45, 2.75) is 57.2 Å². The van der Waals surface area contributed by atoms with Gasteiger partial charge >= 0.3 is 5.97 Å². The molecular weight excluding hydrogens is 208 g/mol. The monoisotopic (exact) mass is 228 g/mol. The molecule has 1 aliphatic carbocycles. The third kappa shape index (κ3) is 2.80. The van der Waals surface area contributed by atoms with E-state index < -0.39 is 23.2 Å². The summed E-state index contributed by atoms with van der Waals surface area (Å²) in [6.45, 7) is 5.31. The number of hydrogen-bond acceptors (Lipinski definition) is 5. The Bertz CT molecular complexity index is 309. The molecule has 0 amide bonds. The summed E-state index contributed by atoms with van der Waals surface area (Å²) in [4.78, 5) is 23.1. The Kier molecular flexibility index (Phi) is 3.40. The van der Waals surface area contributed by atoms with Crippen molar-refractivity contribution in [1.29, 1.82) is 0 Å². The van der Waals surface area contributed by atoms with Crippen molar-refractivity contribution in [3.63, 3.8) is 0 Å². The van der Waals surface area contributed by atoms with Crippen molar-refractivity contribution < 1.29 is 14.3 Å². The normalized spacial score (nSPS) is 31.3. The second kappa shape index (κ2) is 4.14. The van der Waals surface area contributed by atoms with Crippen molar-refractivity contribution in [3.8, 4) is 0 Å². The molecule has 2 unspecified atom stereocenters. The van der Waals surface area contributed by atoms with E-state index in [1.807, 2.05) is 0 Å². The van der Waals surface area contributed by atoms with E-state index in [0.717, 1.165) is 0 Å². The highest BCUT2D eigenvalue weighted by molar-refractivity contribution is 5.88. The molecule has 2 atom stereocenters. The van der Waals surface area contributed by atoms with Gasteiger partial charge < -0.3 is 16.2 Å². The third-order valence-electron chi connectivity index (χ3n) is 2.71. The fourth-order valence-corrected chi connectivity index (χ4v) is 1.69. The summed E-state index contributed by atoms with van der Waals surface area (Å²) in [7, 11) is 0. The van der Waals surface area contributed by atoms with E-state index in [0.29, 0.717) is 6.42 Å². The van der Waals surface area contributed by atoms with Gasteiger partial charge in [-0.1, -0.05) is 0 Å². The summed E-state index contributed by atoms with van der Waals surface area (Å²) >= 11 is 0. The Balaban J connectivity index is 2.77. The van der Waals surface area contributed by atoms with Crippen LogP contribution in [0.1, 0.15) is 40.0 Å². The predicted octanol–water partition coefficient (Wildman–Crippen LogP) is 0.106. The first-order valence-electron chi connectivity index (χ1n) is 5.45. The summed E-state index contributed by atoms with van der Waals surface area (Å²) in [6.07, 6.45) is 0.709. The lowest BCUT2D eigenvalue weighted by Gasteiger charge is -2.37. The van der Waals surface area contributed by atoms with Gasteiger partial charge in [0.1, 0.15) is 16.9 Å². The van der Waals surface area contributed by atoms with Crippen molar-refractivity contribution in [2.75, 3.05) is 0 Å². The number of nitrogens with two attached hydrogens (primary N) is 2. The van der Waals surface area contributed by atoms with Crippen LogP contribution in [0.4, 0.5) is 0 Å². The molecule has 5 nitrogen and oxygen atoms in total. The summed E-state index contributed by atoms with van der Waals surface area (Å²) < 4.78 is 5.23. The molecule has 16 heavy (non-hydrogen) atoms. The molecule has 0 heterocycles. The Morgan fingerprint density at radius 2 is 2.06 bits per heavy atom. The van der Waals surface area contributed by atoms with Crippen LogP contribution in [-0.4, -0.2) is 28.9 Å². The van der Waals surface area contributed by atoms with Gasteiger partial charge in [0, 0.05) is 18.9 Å². The first kappa shape index (κ1) is 13.1. The molecule has 92 valence electrons. The predicted molar refractivity (Wildman–Crippen MR) is 59.6 cm³/mol. The molecule has 1 rings (SSSR count). The molecule has 1 saturated carbocycles. The number of carbonyl (C=O) groups is 2. The SMILES string of the molecule is CC(C)(C)OC(=O)C1(N)CCC(=O)CC1N. The second-order valence-corrected chi connectivity index (χ2v) is 5.39. The van der Waals surface area contributed by atoms with E-state index in [1.54, 1.807) is 20.8 Å². The van der Waals surface area contributed by atoms with Crippen LogP contribution in [0.5, 0.6) is 0 Å². The lowest BCUT2D eigenvalue weighted by Crippen LogP contribution is -2.64. The number of ether oxygens (including phenoxy) is 1. The van der Waals surface area contributed by atoms with E-state index in [1.165, 1.54) is 0 Å². The molecule has 0 bridgehead atoms. The van der Waals surface area contributed by atoms with Crippen LogP contribution < -0.4 is 11.5 Å². The van der Waals surface area contributed by atoms with Gasteiger partial charge in [-0.2, -0.15) is 0 Å². The second-order valence-electron chi connectivity index (χ2n) is 5.39.